The molecule has 2 aromatic heterocycles. The molecule has 0 atom stereocenters. The Kier molecular flexibility index (Phi) is 6.64. The van der Waals surface area contributed by atoms with Gasteiger partial charge < -0.3 is 5.32 Å². The topological polar surface area (TPSA) is 88.4 Å². The number of benzene rings is 2. The summed E-state index contributed by atoms with van der Waals surface area (Å²) in [7, 11) is -1.87. The number of nitrogens with one attached hydrogen (secondary N) is 2. The van der Waals surface area contributed by atoms with E-state index in [0.29, 0.717) is 33.7 Å². The molecule has 0 bridgehead atoms. The summed E-state index contributed by atoms with van der Waals surface area (Å²) in [5, 5.41) is 8.58. The Morgan fingerprint density at radius 2 is 1.78 bits per heavy atom. The molecule has 32 heavy (non-hydrogen) atoms. The zero-order chi connectivity index (χ0) is 22.9. The van der Waals surface area contributed by atoms with Crippen molar-refractivity contribution >= 4 is 69.6 Å². The molecule has 0 aliphatic heterocycles. The van der Waals surface area contributed by atoms with Gasteiger partial charge in [0.05, 0.1) is 10.7 Å². The zero-order valence-electron chi connectivity index (χ0n) is 16.8. The van der Waals surface area contributed by atoms with Crippen molar-refractivity contribution in [3.63, 3.8) is 0 Å². The highest BCUT2D eigenvalue weighted by atomic mass is 35.5. The molecule has 0 fully saturated rings. The molecule has 0 amide bonds. The van der Waals surface area contributed by atoms with Gasteiger partial charge in [-0.1, -0.05) is 53.0 Å². The van der Waals surface area contributed by atoms with Gasteiger partial charge in [0.25, 0.3) is 0 Å². The maximum Gasteiger partial charge on any atom is 0.242 e. The van der Waals surface area contributed by atoms with Gasteiger partial charge in [0.2, 0.25) is 10.0 Å². The summed E-state index contributed by atoms with van der Waals surface area (Å²) >= 11 is 18.2. The van der Waals surface area contributed by atoms with Crippen LogP contribution in [0.5, 0.6) is 0 Å². The summed E-state index contributed by atoms with van der Waals surface area (Å²) in [6.07, 6.45) is 1.72. The van der Waals surface area contributed by atoms with Crippen molar-refractivity contribution in [1.29, 1.82) is 0 Å². The van der Waals surface area contributed by atoms with Gasteiger partial charge in [0.1, 0.15) is 18.6 Å². The van der Waals surface area contributed by atoms with Gasteiger partial charge in [-0.3, -0.25) is 0 Å². The van der Waals surface area contributed by atoms with E-state index in [1.54, 1.807) is 16.8 Å². The van der Waals surface area contributed by atoms with E-state index in [1.807, 2.05) is 32.1 Å². The smallest absolute Gasteiger partial charge is 0.242 e. The molecular formula is C20H17BCl3N5O2S. The van der Waals surface area contributed by atoms with Crippen LogP contribution in [-0.2, 0) is 10.0 Å². The molecule has 2 aromatic carbocycles. The average Bonchev–Trinajstić information content (AvgIpc) is 3.12. The predicted octanol–water partition coefficient (Wildman–Crippen LogP) is 3.01. The molecule has 0 saturated carbocycles. The lowest BCUT2D eigenvalue weighted by Gasteiger charge is -2.13. The van der Waals surface area contributed by atoms with E-state index in [9.17, 15) is 8.42 Å². The number of nitrogens with zero attached hydrogens (tertiary/aromatic N) is 3. The largest absolute Gasteiger partial charge is 0.369 e. The molecule has 0 spiro atoms. The molecule has 2 heterocycles. The van der Waals surface area contributed by atoms with Gasteiger partial charge in [-0.2, -0.15) is 9.61 Å². The van der Waals surface area contributed by atoms with Gasteiger partial charge in [0, 0.05) is 41.0 Å². The second-order valence-corrected chi connectivity index (χ2v) is 9.95. The van der Waals surface area contributed by atoms with E-state index < -0.39 is 10.0 Å². The van der Waals surface area contributed by atoms with E-state index in [1.165, 1.54) is 18.2 Å². The van der Waals surface area contributed by atoms with Crippen molar-refractivity contribution in [2.75, 3.05) is 18.4 Å². The highest BCUT2D eigenvalue weighted by Crippen LogP contribution is 2.28. The zero-order valence-corrected chi connectivity index (χ0v) is 19.9. The number of rotatable bonds is 7. The number of fused-ring (bicyclic) bond motifs is 1. The minimum Gasteiger partial charge on any atom is -0.369 e. The van der Waals surface area contributed by atoms with E-state index in [4.69, 9.17) is 34.8 Å². The van der Waals surface area contributed by atoms with Crippen molar-refractivity contribution < 1.29 is 8.42 Å². The third kappa shape index (κ3) is 4.72. The van der Waals surface area contributed by atoms with E-state index in [-0.39, 0.29) is 16.5 Å². The molecule has 0 aliphatic rings. The van der Waals surface area contributed by atoms with Crippen LogP contribution in [0.4, 0.5) is 5.82 Å². The molecule has 4 rings (SSSR count). The van der Waals surface area contributed by atoms with Gasteiger partial charge in [-0.05, 0) is 29.7 Å². The highest BCUT2D eigenvalue weighted by Gasteiger charge is 2.18. The first kappa shape index (κ1) is 22.9. The minimum atomic E-state index is -3.79. The third-order valence-electron chi connectivity index (χ3n) is 4.70. The molecule has 7 nitrogen and oxygen atoms in total. The molecule has 0 saturated heterocycles. The molecule has 0 unspecified atom stereocenters. The lowest BCUT2D eigenvalue weighted by atomic mass is 10.0. The van der Waals surface area contributed by atoms with Crippen LogP contribution in [0.15, 0.2) is 59.6 Å². The third-order valence-corrected chi connectivity index (χ3v) is 7.21. The summed E-state index contributed by atoms with van der Waals surface area (Å²) in [4.78, 5) is 4.66. The monoisotopic (exact) mass is 507 g/mol. The second kappa shape index (κ2) is 9.29. The van der Waals surface area contributed by atoms with Gasteiger partial charge in [-0.25, -0.2) is 18.1 Å². The Labute approximate surface area is 201 Å². The number of halogens is 3. The molecule has 0 radical (unpaired) electrons. The fourth-order valence-electron chi connectivity index (χ4n) is 3.15. The first-order valence-electron chi connectivity index (χ1n) is 9.55. The number of hydrogen-bond donors (Lipinski definition) is 2. The Morgan fingerprint density at radius 1 is 1.00 bits per heavy atom. The molecular weight excluding hydrogens is 491 g/mol. The van der Waals surface area contributed by atoms with Crippen LogP contribution < -0.4 is 15.5 Å². The van der Waals surface area contributed by atoms with E-state index >= 15 is 0 Å². The summed E-state index contributed by atoms with van der Waals surface area (Å²) in [6.45, 7) is 0.414. The maximum absolute atomic E-state index is 12.6. The van der Waals surface area contributed by atoms with Gasteiger partial charge >= 0.3 is 0 Å². The van der Waals surface area contributed by atoms with Crippen LogP contribution >= 0.6 is 34.8 Å². The fourth-order valence-corrected chi connectivity index (χ4v) is 5.19. The van der Waals surface area contributed by atoms with Crippen molar-refractivity contribution in [3.8, 4) is 11.3 Å². The normalized spacial score (nSPS) is 11.7. The van der Waals surface area contributed by atoms with Crippen molar-refractivity contribution in [2.24, 2.45) is 0 Å². The summed E-state index contributed by atoms with van der Waals surface area (Å²) < 4.78 is 29.3. The molecule has 0 aliphatic carbocycles. The second-order valence-electron chi connectivity index (χ2n) is 6.97. The average molecular weight is 509 g/mol. The number of sulfonamides is 1. The molecule has 2 N–H and O–H groups in total. The van der Waals surface area contributed by atoms with Crippen LogP contribution in [0.3, 0.4) is 0 Å². The quantitative estimate of drug-likeness (QED) is 0.296. The Morgan fingerprint density at radius 3 is 2.53 bits per heavy atom. The lowest BCUT2D eigenvalue weighted by Crippen LogP contribution is -2.29. The van der Waals surface area contributed by atoms with Crippen LogP contribution in [0.25, 0.3) is 16.9 Å². The van der Waals surface area contributed by atoms with Crippen LogP contribution in [0.1, 0.15) is 0 Å². The SMILES string of the molecule is Bc1cnn2c(NCCNS(=O)(=O)c3ccc(Cl)cc3Cl)cc(-c3ccccc3Cl)nc12. The maximum atomic E-state index is 12.6. The standard InChI is InChI=1S/C20H17BCl3N5O2S/c21-14-11-26-29-19(10-17(28-20(14)29)13-3-1-2-4-15(13)23)25-7-8-27-32(30,31)18-6-5-12(22)9-16(18)24/h1-6,9-11,25,27H,7-8,21H2. The fraction of sp³-hybridized carbons (Fsp3) is 0.100. The Hall–Kier alpha value is -2.30. The van der Waals surface area contributed by atoms with Crippen molar-refractivity contribution in [1.82, 2.24) is 19.3 Å². The summed E-state index contributed by atoms with van der Waals surface area (Å²) in [5.41, 5.74) is 3.06. The number of anilines is 1. The molecule has 4 aromatic rings. The van der Waals surface area contributed by atoms with Crippen LogP contribution in [0, 0.1) is 0 Å². The number of hydrogen-bond acceptors (Lipinski definition) is 5. The summed E-state index contributed by atoms with van der Waals surface area (Å²) in [5.74, 6) is 0.654. The van der Waals surface area contributed by atoms with E-state index in [2.05, 4.69) is 20.1 Å². The molecule has 164 valence electrons. The molecule has 12 heteroatoms. The van der Waals surface area contributed by atoms with Gasteiger partial charge in [0.15, 0.2) is 5.65 Å². The van der Waals surface area contributed by atoms with Gasteiger partial charge in [-0.15, -0.1) is 0 Å². The van der Waals surface area contributed by atoms with Crippen molar-refractivity contribution in [3.05, 3.63) is 69.8 Å². The first-order chi connectivity index (χ1) is 15.3. The first-order valence-corrected chi connectivity index (χ1v) is 12.2. The van der Waals surface area contributed by atoms with Crippen molar-refractivity contribution in [2.45, 2.75) is 4.90 Å². The lowest BCUT2D eigenvalue weighted by molar-refractivity contribution is 0.583. The minimum absolute atomic E-state index is 0.0291. The highest BCUT2D eigenvalue weighted by molar-refractivity contribution is 7.89. The summed E-state index contributed by atoms with van der Waals surface area (Å²) in [6, 6.07) is 13.5. The Balaban J connectivity index is 1.54. The predicted molar refractivity (Wildman–Crippen MR) is 132 cm³/mol. The van der Waals surface area contributed by atoms with Crippen LogP contribution in [0.2, 0.25) is 15.1 Å². The van der Waals surface area contributed by atoms with E-state index in [0.717, 1.165) is 11.0 Å². The van der Waals surface area contributed by atoms with Crippen LogP contribution in [-0.4, -0.2) is 44.0 Å². The number of aromatic nitrogens is 3. The Bertz CT molecular complexity index is 1410.